The summed E-state index contributed by atoms with van der Waals surface area (Å²) in [6.07, 6.45) is 13.8. The molecule has 0 spiro atoms. The maximum Gasteiger partial charge on any atom is 0.220 e. The fourth-order valence-corrected chi connectivity index (χ4v) is 5.33. The number of fused-ring (bicyclic) bond motifs is 2. The molecule has 2 unspecified atom stereocenters. The largest absolute Gasteiger partial charge is 0.372 e. The molecule has 30 heavy (non-hydrogen) atoms. The van der Waals surface area contributed by atoms with Gasteiger partial charge in [0, 0.05) is 61.3 Å². The fraction of sp³-hybridized carbons (Fsp3) is 0.480. The topological polar surface area (TPSA) is 51.4 Å². The zero-order valence-corrected chi connectivity index (χ0v) is 17.6. The molecule has 1 aromatic carbocycles. The zero-order chi connectivity index (χ0) is 20.3. The number of aromatic amines is 1. The van der Waals surface area contributed by atoms with Crippen molar-refractivity contribution >= 4 is 16.8 Å². The fourth-order valence-electron chi connectivity index (χ4n) is 5.33. The van der Waals surface area contributed by atoms with Crippen LogP contribution in [0.1, 0.15) is 31.2 Å². The minimum atomic E-state index is 0.175. The second-order valence-corrected chi connectivity index (χ2v) is 8.86. The highest BCUT2D eigenvalue weighted by molar-refractivity contribution is 5.83. The predicted molar refractivity (Wildman–Crippen MR) is 121 cm³/mol. The van der Waals surface area contributed by atoms with Crippen molar-refractivity contribution in [2.45, 2.75) is 38.1 Å². The number of carbonyl (C=O) groups excluding carboxylic acids is 1. The number of rotatable bonds is 5. The summed E-state index contributed by atoms with van der Waals surface area (Å²) in [5.74, 6) is 0.642. The average Bonchev–Trinajstić information content (AvgIpc) is 3.08. The smallest absolute Gasteiger partial charge is 0.220 e. The van der Waals surface area contributed by atoms with Gasteiger partial charge in [-0.25, -0.2) is 0 Å². The molecule has 0 bridgehead atoms. The summed E-state index contributed by atoms with van der Waals surface area (Å²) in [7, 11) is 0. The third kappa shape index (κ3) is 4.04. The maximum absolute atomic E-state index is 11.9. The first-order valence-electron chi connectivity index (χ1n) is 11.5. The SMILES string of the molecule is O=C1CCCC2C(N3CCN(CCCc4c[nH]c5ccccc45)CC3)=CC=CC2N1. The van der Waals surface area contributed by atoms with Crippen molar-refractivity contribution in [2.75, 3.05) is 32.7 Å². The highest BCUT2D eigenvalue weighted by Gasteiger charge is 2.32. The molecule has 5 nitrogen and oxygen atoms in total. The minimum Gasteiger partial charge on any atom is -0.372 e. The van der Waals surface area contributed by atoms with Gasteiger partial charge in [0.25, 0.3) is 0 Å². The Labute approximate surface area is 178 Å². The molecule has 0 radical (unpaired) electrons. The quantitative estimate of drug-likeness (QED) is 0.803. The van der Waals surface area contributed by atoms with Crippen LogP contribution in [0, 0.1) is 5.92 Å². The van der Waals surface area contributed by atoms with Gasteiger partial charge in [0.2, 0.25) is 5.91 Å². The van der Waals surface area contributed by atoms with Crippen molar-refractivity contribution in [3.8, 4) is 0 Å². The number of benzene rings is 1. The summed E-state index contributed by atoms with van der Waals surface area (Å²) in [5, 5.41) is 4.57. The summed E-state index contributed by atoms with van der Waals surface area (Å²) < 4.78 is 0. The van der Waals surface area contributed by atoms with Crippen molar-refractivity contribution < 1.29 is 4.79 Å². The molecule has 3 heterocycles. The van der Waals surface area contributed by atoms with E-state index in [2.05, 4.69) is 68.8 Å². The summed E-state index contributed by atoms with van der Waals surface area (Å²) in [4.78, 5) is 20.5. The lowest BCUT2D eigenvalue weighted by atomic mass is 9.87. The third-order valence-electron chi connectivity index (χ3n) is 6.98. The molecule has 5 rings (SSSR count). The number of para-hydroxylation sites is 1. The summed E-state index contributed by atoms with van der Waals surface area (Å²) in [6.45, 7) is 5.58. The maximum atomic E-state index is 11.9. The number of H-pyrrole nitrogens is 1. The Bertz CT molecular complexity index is 951. The lowest BCUT2D eigenvalue weighted by Crippen LogP contribution is -2.49. The number of piperazine rings is 1. The molecular weight excluding hydrogens is 372 g/mol. The van der Waals surface area contributed by atoms with E-state index in [-0.39, 0.29) is 11.9 Å². The molecule has 2 aliphatic heterocycles. The van der Waals surface area contributed by atoms with Gasteiger partial charge >= 0.3 is 0 Å². The van der Waals surface area contributed by atoms with Crippen LogP contribution in [0.15, 0.2) is 54.4 Å². The van der Waals surface area contributed by atoms with Gasteiger partial charge in [-0.1, -0.05) is 30.4 Å². The van der Waals surface area contributed by atoms with Crippen molar-refractivity contribution in [2.24, 2.45) is 5.92 Å². The third-order valence-corrected chi connectivity index (χ3v) is 6.98. The molecule has 2 atom stereocenters. The number of allylic oxidation sites excluding steroid dienone is 2. The van der Waals surface area contributed by atoms with Gasteiger partial charge in [-0.05, 0) is 49.9 Å². The Kier molecular flexibility index (Phi) is 5.63. The number of amides is 1. The first kappa shape index (κ1) is 19.4. The van der Waals surface area contributed by atoms with Crippen LogP contribution < -0.4 is 5.32 Å². The lowest BCUT2D eigenvalue weighted by molar-refractivity contribution is -0.121. The Hall–Kier alpha value is -2.53. The van der Waals surface area contributed by atoms with Crippen LogP contribution in [0.25, 0.3) is 10.9 Å². The standard InChI is InChI=1S/C25H32N4O/c30-25-12-3-8-21-23(27-25)10-4-11-24(21)29-16-14-28(15-17-29)13-5-6-19-18-26-22-9-2-1-7-20(19)22/h1-2,4,7,9-11,18,21,23,26H,3,5-6,8,12-17H2,(H,27,30). The van der Waals surface area contributed by atoms with Gasteiger partial charge in [-0.15, -0.1) is 0 Å². The number of hydrogen-bond acceptors (Lipinski definition) is 3. The first-order valence-corrected chi connectivity index (χ1v) is 11.5. The Morgan fingerprint density at radius 1 is 1.10 bits per heavy atom. The summed E-state index contributed by atoms with van der Waals surface area (Å²) >= 11 is 0. The highest BCUT2D eigenvalue weighted by Crippen LogP contribution is 2.31. The van der Waals surface area contributed by atoms with Crippen LogP contribution in [-0.2, 0) is 11.2 Å². The van der Waals surface area contributed by atoms with Crippen LogP contribution in [0.2, 0.25) is 0 Å². The predicted octanol–water partition coefficient (Wildman–Crippen LogP) is 3.46. The van der Waals surface area contributed by atoms with E-state index in [9.17, 15) is 4.79 Å². The average molecular weight is 405 g/mol. The number of aromatic nitrogens is 1. The van der Waals surface area contributed by atoms with Crippen LogP contribution in [0.5, 0.6) is 0 Å². The van der Waals surface area contributed by atoms with E-state index in [0.717, 1.165) is 52.0 Å². The van der Waals surface area contributed by atoms with Gasteiger partial charge < -0.3 is 15.2 Å². The molecule has 2 fully saturated rings. The minimum absolute atomic E-state index is 0.175. The van der Waals surface area contributed by atoms with Crippen LogP contribution in [0.4, 0.5) is 0 Å². The van der Waals surface area contributed by atoms with Gasteiger partial charge in [-0.3, -0.25) is 9.69 Å². The van der Waals surface area contributed by atoms with Gasteiger partial charge in [0.05, 0.1) is 6.04 Å². The van der Waals surface area contributed by atoms with Crippen molar-refractivity contribution in [3.05, 3.63) is 60.0 Å². The molecule has 0 saturated carbocycles. The molecule has 5 heteroatoms. The van der Waals surface area contributed by atoms with Gasteiger partial charge in [0.15, 0.2) is 0 Å². The Morgan fingerprint density at radius 3 is 2.87 bits per heavy atom. The van der Waals surface area contributed by atoms with E-state index >= 15 is 0 Å². The molecule has 1 amide bonds. The number of aryl methyl sites for hydroxylation is 1. The molecule has 2 N–H and O–H groups in total. The van der Waals surface area contributed by atoms with E-state index in [4.69, 9.17) is 0 Å². The van der Waals surface area contributed by atoms with Crippen molar-refractivity contribution in [1.82, 2.24) is 20.1 Å². The van der Waals surface area contributed by atoms with Crippen LogP contribution >= 0.6 is 0 Å². The molecule has 1 aromatic heterocycles. The van der Waals surface area contributed by atoms with Crippen molar-refractivity contribution in [3.63, 3.8) is 0 Å². The molecule has 2 aromatic rings. The highest BCUT2D eigenvalue weighted by atomic mass is 16.1. The number of carbonyl (C=O) groups is 1. The van der Waals surface area contributed by atoms with Gasteiger partial charge in [-0.2, -0.15) is 0 Å². The van der Waals surface area contributed by atoms with Crippen LogP contribution in [0.3, 0.4) is 0 Å². The Morgan fingerprint density at radius 2 is 1.97 bits per heavy atom. The van der Waals surface area contributed by atoms with E-state index in [0.29, 0.717) is 12.3 Å². The van der Waals surface area contributed by atoms with Gasteiger partial charge in [0.1, 0.15) is 0 Å². The number of hydrogen-bond donors (Lipinski definition) is 2. The van der Waals surface area contributed by atoms with E-state index < -0.39 is 0 Å². The monoisotopic (exact) mass is 404 g/mol. The van der Waals surface area contributed by atoms with E-state index in [1.807, 2.05) is 0 Å². The molecular formula is C25H32N4O. The molecule has 3 aliphatic rings. The van der Waals surface area contributed by atoms with Crippen molar-refractivity contribution in [1.29, 1.82) is 0 Å². The van der Waals surface area contributed by atoms with E-state index in [1.165, 1.54) is 28.6 Å². The zero-order valence-electron chi connectivity index (χ0n) is 17.6. The molecule has 158 valence electrons. The first-order chi connectivity index (χ1) is 14.8. The second kappa shape index (κ2) is 8.68. The Balaban J connectivity index is 1.12. The summed E-state index contributed by atoms with van der Waals surface area (Å²) in [6, 6.07) is 8.75. The molecule has 2 saturated heterocycles. The summed E-state index contributed by atoms with van der Waals surface area (Å²) in [5.41, 5.74) is 4.11. The number of nitrogens with zero attached hydrogens (tertiary/aromatic N) is 2. The normalized spacial score (nSPS) is 25.0. The second-order valence-electron chi connectivity index (χ2n) is 8.86. The molecule has 1 aliphatic carbocycles. The lowest BCUT2D eigenvalue weighted by Gasteiger charge is -2.41. The van der Waals surface area contributed by atoms with Crippen LogP contribution in [-0.4, -0.2) is 59.5 Å². The van der Waals surface area contributed by atoms with E-state index in [1.54, 1.807) is 0 Å². The number of nitrogens with one attached hydrogen (secondary N) is 2.